The van der Waals surface area contributed by atoms with Gasteiger partial charge in [-0.2, -0.15) is 0 Å². The molecule has 7 heteroatoms. The Morgan fingerprint density at radius 1 is 1.28 bits per heavy atom. The van der Waals surface area contributed by atoms with Crippen LogP contribution in [0.5, 0.6) is 0 Å². The van der Waals surface area contributed by atoms with Crippen LogP contribution in [0.2, 0.25) is 0 Å². The van der Waals surface area contributed by atoms with Crippen molar-refractivity contribution in [2.45, 2.75) is 52.1 Å². The first-order valence-electron chi connectivity index (χ1n) is 12.3. The highest BCUT2D eigenvalue weighted by atomic mass is 16.5. The molecular weight excluding hydrogens is 402 g/mol. The van der Waals surface area contributed by atoms with Gasteiger partial charge in [0.2, 0.25) is 5.91 Å². The van der Waals surface area contributed by atoms with Gasteiger partial charge in [-0.15, -0.1) is 0 Å². The number of aromatic nitrogens is 2. The van der Waals surface area contributed by atoms with Gasteiger partial charge in [0, 0.05) is 38.1 Å². The SMILES string of the molecule is CCN1CC[C@@H]2C[C@@H](N3CCOCC3)CC[C@@]2(C(=O)NCc2cn3cccc(C)c3n2)C1. The van der Waals surface area contributed by atoms with Crippen LogP contribution < -0.4 is 5.32 Å². The topological polar surface area (TPSA) is 62.1 Å². The number of likely N-dealkylation sites (tertiary alicyclic amines) is 1. The van der Waals surface area contributed by atoms with Gasteiger partial charge in [0.05, 0.1) is 30.9 Å². The molecule has 2 saturated heterocycles. The molecular formula is C25H37N5O2. The standard InChI is InChI=1S/C25H37N5O2/c1-3-28-10-7-20-15-22(29-11-13-32-14-12-29)6-8-25(20,18-28)24(31)26-16-21-17-30-9-4-5-19(2)23(30)27-21/h4-5,9,17,20,22H,3,6-8,10-16,18H2,1-2H3,(H,26,31)/t20-,22+,25-/m1/s1. The Kier molecular flexibility index (Phi) is 6.23. The van der Waals surface area contributed by atoms with E-state index in [-0.39, 0.29) is 11.3 Å². The Hall–Kier alpha value is -1.96. The number of amides is 1. The molecule has 4 heterocycles. The first-order valence-corrected chi connectivity index (χ1v) is 12.3. The summed E-state index contributed by atoms with van der Waals surface area (Å²) in [6.45, 7) is 11.5. The smallest absolute Gasteiger partial charge is 0.228 e. The Balaban J connectivity index is 1.31. The fraction of sp³-hybridized carbons (Fsp3) is 0.680. The molecule has 2 aliphatic heterocycles. The van der Waals surface area contributed by atoms with Gasteiger partial charge in [-0.1, -0.05) is 13.0 Å². The fourth-order valence-electron chi connectivity index (χ4n) is 6.27. The van der Waals surface area contributed by atoms with Crippen LogP contribution in [0.4, 0.5) is 0 Å². The maximum absolute atomic E-state index is 13.7. The minimum absolute atomic E-state index is 0.231. The Morgan fingerprint density at radius 2 is 2.12 bits per heavy atom. The van der Waals surface area contributed by atoms with Crippen LogP contribution in [-0.2, 0) is 16.1 Å². The normalized spacial score (nSPS) is 29.7. The van der Waals surface area contributed by atoms with Crippen molar-refractivity contribution < 1.29 is 9.53 Å². The number of hydrogen-bond donors (Lipinski definition) is 1. The second-order valence-corrected chi connectivity index (χ2v) is 9.92. The number of carbonyl (C=O) groups excluding carboxylic acids is 1. The zero-order valence-corrected chi connectivity index (χ0v) is 19.6. The van der Waals surface area contributed by atoms with Crippen LogP contribution in [-0.4, -0.2) is 77.1 Å². The number of morpholine rings is 1. The van der Waals surface area contributed by atoms with E-state index in [1.54, 1.807) is 0 Å². The quantitative estimate of drug-likeness (QED) is 0.776. The molecule has 3 fully saturated rings. The highest BCUT2D eigenvalue weighted by Gasteiger charge is 2.52. The average molecular weight is 440 g/mol. The van der Waals surface area contributed by atoms with E-state index in [1.807, 2.05) is 22.9 Å². The lowest BCUT2D eigenvalue weighted by Crippen LogP contribution is -2.60. The van der Waals surface area contributed by atoms with E-state index in [0.717, 1.165) is 88.5 Å². The van der Waals surface area contributed by atoms with Crippen molar-refractivity contribution in [1.29, 1.82) is 0 Å². The number of imidazole rings is 1. The van der Waals surface area contributed by atoms with Crippen molar-refractivity contribution in [2.24, 2.45) is 11.3 Å². The fourth-order valence-corrected chi connectivity index (χ4v) is 6.27. The van der Waals surface area contributed by atoms with E-state index >= 15 is 0 Å². The second-order valence-electron chi connectivity index (χ2n) is 9.92. The van der Waals surface area contributed by atoms with Gasteiger partial charge < -0.3 is 19.4 Å². The highest BCUT2D eigenvalue weighted by molar-refractivity contribution is 5.83. The minimum atomic E-state index is -0.272. The molecule has 3 aliphatic rings. The van der Waals surface area contributed by atoms with E-state index in [1.165, 1.54) is 0 Å². The first-order chi connectivity index (χ1) is 15.6. The first kappa shape index (κ1) is 21.9. The van der Waals surface area contributed by atoms with E-state index in [0.29, 0.717) is 18.5 Å². The molecule has 0 aromatic carbocycles. The molecule has 2 aromatic rings. The van der Waals surface area contributed by atoms with E-state index in [4.69, 9.17) is 9.72 Å². The molecule has 5 rings (SSSR count). The Bertz CT molecular complexity index is 953. The number of rotatable bonds is 5. The van der Waals surface area contributed by atoms with E-state index < -0.39 is 0 Å². The van der Waals surface area contributed by atoms with Gasteiger partial charge in [-0.05, 0) is 63.2 Å². The molecule has 0 bridgehead atoms. The summed E-state index contributed by atoms with van der Waals surface area (Å²) in [6, 6.07) is 4.70. The van der Waals surface area contributed by atoms with Crippen molar-refractivity contribution >= 4 is 11.6 Å². The zero-order valence-electron chi connectivity index (χ0n) is 19.6. The third-order valence-electron chi connectivity index (χ3n) is 8.18. The van der Waals surface area contributed by atoms with Gasteiger partial charge >= 0.3 is 0 Å². The number of piperidine rings is 1. The zero-order chi connectivity index (χ0) is 22.1. The molecule has 3 atom stereocenters. The number of nitrogens with zero attached hydrogens (tertiary/aromatic N) is 4. The summed E-state index contributed by atoms with van der Waals surface area (Å²) in [4.78, 5) is 23.6. The lowest BCUT2D eigenvalue weighted by atomic mass is 9.61. The average Bonchev–Trinajstić information content (AvgIpc) is 3.27. The highest BCUT2D eigenvalue weighted by Crippen LogP contribution is 2.47. The molecule has 7 nitrogen and oxygen atoms in total. The van der Waals surface area contributed by atoms with Crippen LogP contribution in [0.25, 0.3) is 5.65 Å². The van der Waals surface area contributed by atoms with Crippen LogP contribution in [0, 0.1) is 18.3 Å². The summed E-state index contributed by atoms with van der Waals surface area (Å²) in [5.41, 5.74) is 2.77. The molecule has 0 radical (unpaired) electrons. The number of fused-ring (bicyclic) bond motifs is 2. The molecule has 0 spiro atoms. The maximum Gasteiger partial charge on any atom is 0.228 e. The number of ether oxygens (including phenoxy) is 1. The van der Waals surface area contributed by atoms with Crippen LogP contribution in [0.1, 0.15) is 43.9 Å². The summed E-state index contributed by atoms with van der Waals surface area (Å²) in [5, 5.41) is 3.30. The second kappa shape index (κ2) is 9.12. The van der Waals surface area contributed by atoms with Crippen molar-refractivity contribution in [1.82, 2.24) is 24.5 Å². The number of nitrogens with one attached hydrogen (secondary N) is 1. The lowest BCUT2D eigenvalue weighted by Gasteiger charge is -2.53. The number of pyridine rings is 1. The molecule has 1 amide bonds. The summed E-state index contributed by atoms with van der Waals surface area (Å²) in [7, 11) is 0. The third-order valence-corrected chi connectivity index (χ3v) is 8.18. The lowest BCUT2D eigenvalue weighted by molar-refractivity contribution is -0.145. The van der Waals surface area contributed by atoms with Gasteiger partial charge in [-0.25, -0.2) is 4.98 Å². The minimum Gasteiger partial charge on any atom is -0.379 e. The number of hydrogen-bond acceptors (Lipinski definition) is 5. The summed E-state index contributed by atoms with van der Waals surface area (Å²) in [5.74, 6) is 0.685. The van der Waals surface area contributed by atoms with Crippen molar-refractivity contribution in [3.05, 3.63) is 35.8 Å². The van der Waals surface area contributed by atoms with Crippen molar-refractivity contribution in [3.8, 4) is 0 Å². The largest absolute Gasteiger partial charge is 0.379 e. The molecule has 32 heavy (non-hydrogen) atoms. The van der Waals surface area contributed by atoms with Gasteiger partial charge in [-0.3, -0.25) is 9.69 Å². The van der Waals surface area contributed by atoms with Gasteiger partial charge in [0.15, 0.2) is 0 Å². The van der Waals surface area contributed by atoms with Crippen LogP contribution in [0.15, 0.2) is 24.5 Å². The molecule has 1 aliphatic carbocycles. The van der Waals surface area contributed by atoms with Crippen molar-refractivity contribution in [2.75, 3.05) is 45.9 Å². The maximum atomic E-state index is 13.7. The van der Waals surface area contributed by atoms with E-state index in [9.17, 15) is 4.79 Å². The third kappa shape index (κ3) is 4.06. The summed E-state index contributed by atoms with van der Waals surface area (Å²) < 4.78 is 7.61. The predicted molar refractivity (Wildman–Crippen MR) is 124 cm³/mol. The number of aryl methyl sites for hydroxylation is 1. The summed E-state index contributed by atoms with van der Waals surface area (Å²) >= 11 is 0. The Morgan fingerprint density at radius 3 is 2.91 bits per heavy atom. The van der Waals surface area contributed by atoms with Crippen molar-refractivity contribution in [3.63, 3.8) is 0 Å². The van der Waals surface area contributed by atoms with Gasteiger partial charge in [0.25, 0.3) is 0 Å². The van der Waals surface area contributed by atoms with E-state index in [2.05, 4.69) is 35.0 Å². The monoisotopic (exact) mass is 439 g/mol. The number of carbonyl (C=O) groups is 1. The molecule has 174 valence electrons. The van der Waals surface area contributed by atoms with Gasteiger partial charge in [0.1, 0.15) is 5.65 Å². The Labute approximate surface area is 191 Å². The van der Waals surface area contributed by atoms with Crippen LogP contribution in [0.3, 0.4) is 0 Å². The molecule has 0 unspecified atom stereocenters. The molecule has 1 saturated carbocycles. The molecule has 2 aromatic heterocycles. The predicted octanol–water partition coefficient (Wildman–Crippen LogP) is 2.47. The summed E-state index contributed by atoms with van der Waals surface area (Å²) in [6.07, 6.45) is 8.39. The van der Waals surface area contributed by atoms with Crippen LogP contribution >= 0.6 is 0 Å². The molecule has 1 N–H and O–H groups in total.